The Hall–Kier alpha value is -2.02. The second kappa shape index (κ2) is 3.04. The minimum atomic E-state index is 0.340. The van der Waals surface area contributed by atoms with Crippen LogP contribution in [0.1, 0.15) is 18.1 Å². The van der Waals surface area contributed by atoms with Crippen LogP contribution in [0.25, 0.3) is 11.0 Å². The summed E-state index contributed by atoms with van der Waals surface area (Å²) in [5, 5.41) is 13.2. The fourth-order valence-corrected chi connectivity index (χ4v) is 1.46. The molecule has 0 unspecified atom stereocenters. The van der Waals surface area contributed by atoms with Crippen LogP contribution < -0.4 is 5.73 Å². The predicted octanol–water partition coefficient (Wildman–Crippen LogP) is 1.84. The SMILES string of the molecule is CCc1cc(C#N)cc2c(N)noc12. The molecule has 0 atom stereocenters. The Morgan fingerprint density at radius 1 is 1.57 bits per heavy atom. The van der Waals surface area contributed by atoms with E-state index in [1.165, 1.54) is 0 Å². The maximum absolute atomic E-state index is 8.80. The zero-order valence-corrected chi connectivity index (χ0v) is 7.74. The van der Waals surface area contributed by atoms with Gasteiger partial charge < -0.3 is 10.3 Å². The molecule has 2 aromatic rings. The van der Waals surface area contributed by atoms with Gasteiger partial charge in [-0.2, -0.15) is 5.26 Å². The van der Waals surface area contributed by atoms with Crippen LogP contribution in [0.15, 0.2) is 16.7 Å². The molecule has 0 saturated heterocycles. The van der Waals surface area contributed by atoms with Gasteiger partial charge in [-0.15, -0.1) is 0 Å². The van der Waals surface area contributed by atoms with Gasteiger partial charge in [0.15, 0.2) is 11.4 Å². The maximum Gasteiger partial charge on any atom is 0.174 e. The smallest absolute Gasteiger partial charge is 0.174 e. The van der Waals surface area contributed by atoms with Crippen molar-refractivity contribution in [3.05, 3.63) is 23.3 Å². The van der Waals surface area contributed by atoms with Gasteiger partial charge in [0.1, 0.15) is 0 Å². The molecule has 0 fully saturated rings. The Kier molecular flexibility index (Phi) is 1.86. The molecule has 1 aromatic carbocycles. The molecule has 0 aliphatic carbocycles. The van der Waals surface area contributed by atoms with Crippen LogP contribution in [-0.4, -0.2) is 5.16 Å². The van der Waals surface area contributed by atoms with Gasteiger partial charge in [-0.1, -0.05) is 12.1 Å². The van der Waals surface area contributed by atoms with Crippen molar-refractivity contribution in [1.29, 1.82) is 5.26 Å². The van der Waals surface area contributed by atoms with Crippen LogP contribution in [0.5, 0.6) is 0 Å². The molecule has 2 rings (SSSR count). The van der Waals surface area contributed by atoms with E-state index in [9.17, 15) is 0 Å². The molecule has 2 N–H and O–H groups in total. The molecule has 0 spiro atoms. The van der Waals surface area contributed by atoms with E-state index in [-0.39, 0.29) is 0 Å². The number of hydrogen-bond acceptors (Lipinski definition) is 4. The topological polar surface area (TPSA) is 75.8 Å². The van der Waals surface area contributed by atoms with Crippen LogP contribution in [0.2, 0.25) is 0 Å². The Morgan fingerprint density at radius 2 is 2.36 bits per heavy atom. The fourth-order valence-electron chi connectivity index (χ4n) is 1.46. The molecule has 0 radical (unpaired) electrons. The summed E-state index contributed by atoms with van der Waals surface area (Å²) in [5.74, 6) is 0.340. The van der Waals surface area contributed by atoms with Crippen molar-refractivity contribution in [2.24, 2.45) is 0 Å². The monoisotopic (exact) mass is 187 g/mol. The zero-order valence-electron chi connectivity index (χ0n) is 7.74. The van der Waals surface area contributed by atoms with E-state index in [0.717, 1.165) is 17.4 Å². The highest BCUT2D eigenvalue weighted by atomic mass is 16.5. The lowest BCUT2D eigenvalue weighted by Crippen LogP contribution is -1.87. The normalized spacial score (nSPS) is 10.3. The van der Waals surface area contributed by atoms with Gasteiger partial charge in [-0.25, -0.2) is 0 Å². The number of nitriles is 1. The lowest BCUT2D eigenvalue weighted by molar-refractivity contribution is 0.458. The summed E-state index contributed by atoms with van der Waals surface area (Å²) < 4.78 is 5.09. The van der Waals surface area contributed by atoms with Gasteiger partial charge >= 0.3 is 0 Å². The number of aromatic nitrogens is 1. The average Bonchev–Trinajstić information content (AvgIpc) is 2.59. The molecule has 0 bridgehead atoms. The van der Waals surface area contributed by atoms with E-state index in [1.54, 1.807) is 12.1 Å². The zero-order chi connectivity index (χ0) is 10.1. The molecule has 70 valence electrons. The lowest BCUT2D eigenvalue weighted by Gasteiger charge is -1.97. The highest BCUT2D eigenvalue weighted by molar-refractivity contribution is 5.90. The van der Waals surface area contributed by atoms with Crippen molar-refractivity contribution < 1.29 is 4.52 Å². The number of anilines is 1. The van der Waals surface area contributed by atoms with Crippen molar-refractivity contribution in [3.8, 4) is 6.07 Å². The highest BCUT2D eigenvalue weighted by Crippen LogP contribution is 2.25. The van der Waals surface area contributed by atoms with Gasteiger partial charge in [0.25, 0.3) is 0 Å². The summed E-state index contributed by atoms with van der Waals surface area (Å²) in [6.07, 6.45) is 0.792. The summed E-state index contributed by atoms with van der Waals surface area (Å²) in [6.45, 7) is 1.99. The predicted molar refractivity (Wildman–Crippen MR) is 52.5 cm³/mol. The largest absolute Gasteiger partial charge is 0.380 e. The molecule has 0 amide bonds. The molecular weight excluding hydrogens is 178 g/mol. The van der Waals surface area contributed by atoms with Crippen molar-refractivity contribution >= 4 is 16.8 Å². The first-order valence-electron chi connectivity index (χ1n) is 4.34. The van der Waals surface area contributed by atoms with E-state index in [0.29, 0.717) is 17.0 Å². The van der Waals surface area contributed by atoms with Gasteiger partial charge in [0.05, 0.1) is 17.0 Å². The molecule has 1 aromatic heterocycles. The summed E-state index contributed by atoms with van der Waals surface area (Å²) in [4.78, 5) is 0. The number of fused-ring (bicyclic) bond motifs is 1. The Labute approximate surface area is 80.9 Å². The maximum atomic E-state index is 8.80. The first-order chi connectivity index (χ1) is 6.76. The number of nitrogens with two attached hydrogens (primary N) is 1. The first-order valence-corrected chi connectivity index (χ1v) is 4.34. The van der Waals surface area contributed by atoms with Crippen molar-refractivity contribution in [2.45, 2.75) is 13.3 Å². The number of nitrogens with zero attached hydrogens (tertiary/aromatic N) is 2. The van der Waals surface area contributed by atoms with E-state index >= 15 is 0 Å². The van der Waals surface area contributed by atoms with Crippen molar-refractivity contribution in [1.82, 2.24) is 5.16 Å². The summed E-state index contributed by atoms with van der Waals surface area (Å²) in [5.41, 5.74) is 7.84. The molecule has 14 heavy (non-hydrogen) atoms. The Balaban J connectivity index is 2.84. The van der Waals surface area contributed by atoms with Crippen LogP contribution >= 0.6 is 0 Å². The highest BCUT2D eigenvalue weighted by Gasteiger charge is 2.10. The third-order valence-electron chi connectivity index (χ3n) is 2.19. The number of rotatable bonds is 1. The van der Waals surface area contributed by atoms with Gasteiger partial charge in [-0.3, -0.25) is 0 Å². The standard InChI is InChI=1S/C10H9N3O/c1-2-7-3-6(5-11)4-8-9(7)14-13-10(8)12/h3-4H,2H2,1H3,(H2,12,13). The minimum absolute atomic E-state index is 0.340. The van der Waals surface area contributed by atoms with Crippen LogP contribution in [0, 0.1) is 11.3 Å². The number of nitrogen functional groups attached to an aromatic ring is 1. The molecule has 0 aliphatic heterocycles. The summed E-state index contributed by atoms with van der Waals surface area (Å²) in [7, 11) is 0. The molecule has 4 nitrogen and oxygen atoms in total. The number of aryl methyl sites for hydroxylation is 1. The van der Waals surface area contributed by atoms with E-state index in [4.69, 9.17) is 15.5 Å². The third-order valence-corrected chi connectivity index (χ3v) is 2.19. The molecular formula is C10H9N3O. The summed E-state index contributed by atoms with van der Waals surface area (Å²) in [6, 6.07) is 5.58. The third kappa shape index (κ3) is 1.11. The van der Waals surface area contributed by atoms with Crippen molar-refractivity contribution in [3.63, 3.8) is 0 Å². The minimum Gasteiger partial charge on any atom is -0.380 e. The van der Waals surface area contributed by atoms with Crippen LogP contribution in [0.3, 0.4) is 0 Å². The molecule has 4 heteroatoms. The van der Waals surface area contributed by atoms with E-state index in [2.05, 4.69) is 11.2 Å². The van der Waals surface area contributed by atoms with Crippen LogP contribution in [0.4, 0.5) is 5.82 Å². The molecule has 0 saturated carbocycles. The van der Waals surface area contributed by atoms with E-state index < -0.39 is 0 Å². The van der Waals surface area contributed by atoms with Gasteiger partial charge in [0.2, 0.25) is 0 Å². The molecule has 1 heterocycles. The fraction of sp³-hybridized carbons (Fsp3) is 0.200. The summed E-state index contributed by atoms with van der Waals surface area (Å²) >= 11 is 0. The van der Waals surface area contributed by atoms with E-state index in [1.807, 2.05) is 6.92 Å². The quantitative estimate of drug-likeness (QED) is 0.739. The van der Waals surface area contributed by atoms with Crippen LogP contribution in [-0.2, 0) is 6.42 Å². The van der Waals surface area contributed by atoms with Gasteiger partial charge in [0, 0.05) is 0 Å². The number of hydrogen-bond donors (Lipinski definition) is 1. The second-order valence-corrected chi connectivity index (χ2v) is 3.05. The lowest BCUT2D eigenvalue weighted by atomic mass is 10.1. The molecule has 0 aliphatic rings. The van der Waals surface area contributed by atoms with Gasteiger partial charge in [-0.05, 0) is 24.1 Å². The first kappa shape index (κ1) is 8.57. The average molecular weight is 187 g/mol. The second-order valence-electron chi connectivity index (χ2n) is 3.05. The Morgan fingerprint density at radius 3 is 3.00 bits per heavy atom. The van der Waals surface area contributed by atoms with Crippen molar-refractivity contribution in [2.75, 3.05) is 5.73 Å². The Bertz CT molecular complexity index is 522. The number of benzene rings is 1.